The van der Waals surface area contributed by atoms with Crippen molar-refractivity contribution in [3.05, 3.63) is 84.3 Å². The molecular formula is C27H35N7O. The third-order valence-corrected chi connectivity index (χ3v) is 5.93. The van der Waals surface area contributed by atoms with E-state index in [0.29, 0.717) is 0 Å². The highest BCUT2D eigenvalue weighted by atomic mass is 16.5. The molecule has 0 unspecified atom stereocenters. The molecule has 2 aromatic rings. The van der Waals surface area contributed by atoms with Gasteiger partial charge in [-0.05, 0) is 47.7 Å². The summed E-state index contributed by atoms with van der Waals surface area (Å²) in [5.74, 6) is 0. The molecule has 0 radical (unpaired) electrons. The summed E-state index contributed by atoms with van der Waals surface area (Å²) >= 11 is 0. The van der Waals surface area contributed by atoms with E-state index in [4.69, 9.17) is 14.9 Å². The van der Waals surface area contributed by atoms with Crippen molar-refractivity contribution >= 4 is 23.8 Å². The smallest absolute Gasteiger partial charge is 0.163 e. The minimum atomic E-state index is -0.160. The highest BCUT2D eigenvalue weighted by Gasteiger charge is 2.24. The Balaban J connectivity index is 1.49. The maximum atomic E-state index is 5.47. The fourth-order valence-electron chi connectivity index (χ4n) is 3.73. The number of anilines is 2. The lowest BCUT2D eigenvalue weighted by Crippen LogP contribution is -2.35. The van der Waals surface area contributed by atoms with Crippen LogP contribution in [0.25, 0.3) is 0 Å². The Bertz CT molecular complexity index is 980. The predicted molar refractivity (Wildman–Crippen MR) is 145 cm³/mol. The molecule has 0 spiro atoms. The highest BCUT2D eigenvalue weighted by molar-refractivity contribution is 5.81. The topological polar surface area (TPSA) is 50.2 Å². The van der Waals surface area contributed by atoms with Gasteiger partial charge in [0, 0.05) is 65.1 Å². The molecule has 0 atom stereocenters. The van der Waals surface area contributed by atoms with Gasteiger partial charge in [-0.1, -0.05) is 24.3 Å². The summed E-state index contributed by atoms with van der Waals surface area (Å²) in [5.41, 5.74) is 4.41. The molecule has 8 heteroatoms. The van der Waals surface area contributed by atoms with Crippen molar-refractivity contribution in [3.8, 4) is 0 Å². The molecule has 0 aromatic heterocycles. The average Bonchev–Trinajstić information content (AvgIpc) is 3.27. The number of hydrogen-bond acceptors (Lipinski definition) is 8. The number of nitrogens with zero attached hydrogens (tertiary/aromatic N) is 7. The van der Waals surface area contributed by atoms with Crippen LogP contribution in [0.5, 0.6) is 0 Å². The molecule has 1 fully saturated rings. The molecule has 2 aromatic carbocycles. The van der Waals surface area contributed by atoms with Gasteiger partial charge >= 0.3 is 0 Å². The van der Waals surface area contributed by atoms with Crippen LogP contribution in [-0.2, 0) is 4.74 Å². The van der Waals surface area contributed by atoms with E-state index < -0.39 is 0 Å². The van der Waals surface area contributed by atoms with Crippen LogP contribution in [0.3, 0.4) is 0 Å². The number of hydrazone groups is 2. The summed E-state index contributed by atoms with van der Waals surface area (Å²) in [6.45, 7) is 3.28. The van der Waals surface area contributed by atoms with E-state index >= 15 is 0 Å². The first-order valence-corrected chi connectivity index (χ1v) is 11.9. The number of hydrogen-bond donors (Lipinski definition) is 0. The maximum Gasteiger partial charge on any atom is 0.163 e. The van der Waals surface area contributed by atoms with E-state index in [-0.39, 0.29) is 6.17 Å². The second-order valence-electron chi connectivity index (χ2n) is 8.92. The second kappa shape index (κ2) is 11.6. The predicted octanol–water partition coefficient (Wildman–Crippen LogP) is 3.45. The first-order chi connectivity index (χ1) is 17.0. The molecular weight excluding hydrogens is 438 g/mol. The quantitative estimate of drug-likeness (QED) is 0.548. The van der Waals surface area contributed by atoms with Crippen LogP contribution in [-0.4, -0.2) is 88.0 Å². The molecule has 4 rings (SSSR count). The molecule has 1 saturated heterocycles. The first-order valence-electron chi connectivity index (χ1n) is 11.9. The Hall–Kier alpha value is -3.78. The van der Waals surface area contributed by atoms with E-state index in [1.807, 2.05) is 63.0 Å². The summed E-state index contributed by atoms with van der Waals surface area (Å²) in [5, 5.41) is 13.3. The zero-order valence-electron chi connectivity index (χ0n) is 21.0. The second-order valence-corrected chi connectivity index (χ2v) is 8.92. The van der Waals surface area contributed by atoms with Gasteiger partial charge in [0.1, 0.15) is 0 Å². The zero-order chi connectivity index (χ0) is 24.6. The molecule has 2 aliphatic heterocycles. The van der Waals surface area contributed by atoms with Crippen LogP contribution in [0.1, 0.15) is 11.1 Å². The van der Waals surface area contributed by atoms with Crippen LogP contribution < -0.4 is 9.80 Å². The fraction of sp³-hybridized carbons (Fsp3) is 0.333. The first kappa shape index (κ1) is 24.3. The zero-order valence-corrected chi connectivity index (χ0v) is 21.0. The summed E-state index contributed by atoms with van der Waals surface area (Å²) in [6, 6.07) is 16.7. The Labute approximate surface area is 208 Å². The maximum absolute atomic E-state index is 5.47. The molecule has 184 valence electrons. The van der Waals surface area contributed by atoms with Gasteiger partial charge in [0.15, 0.2) is 6.17 Å². The van der Waals surface area contributed by atoms with E-state index in [9.17, 15) is 0 Å². The molecule has 8 nitrogen and oxygen atoms in total. The Kier molecular flexibility index (Phi) is 8.05. The van der Waals surface area contributed by atoms with Gasteiger partial charge in [-0.3, -0.25) is 0 Å². The van der Waals surface area contributed by atoms with Crippen molar-refractivity contribution in [2.75, 3.05) is 64.3 Å². The standard InChI is InChI=1S/C27H35N7O/c1-30(2)25-9-5-23(6-10-25)21-28-33-15-16-34(27(33)13-14-32-17-19-35-20-18-32)29-22-24-7-11-26(12-8-24)31(3)4/h5-16,21-22,27H,17-20H2,1-4H3. The van der Waals surface area contributed by atoms with E-state index in [2.05, 4.69) is 75.5 Å². The molecule has 0 saturated carbocycles. The molecule has 0 aliphatic carbocycles. The summed E-state index contributed by atoms with van der Waals surface area (Å²) in [4.78, 5) is 6.44. The lowest BCUT2D eigenvalue weighted by Gasteiger charge is -2.27. The lowest BCUT2D eigenvalue weighted by atomic mass is 10.2. The minimum Gasteiger partial charge on any atom is -0.378 e. The van der Waals surface area contributed by atoms with Crippen molar-refractivity contribution < 1.29 is 4.74 Å². The minimum absolute atomic E-state index is 0.160. The van der Waals surface area contributed by atoms with Gasteiger partial charge in [-0.15, -0.1) is 0 Å². The number of ether oxygens (including phenoxy) is 1. The Morgan fingerprint density at radius 2 is 1.20 bits per heavy atom. The van der Waals surface area contributed by atoms with Crippen LogP contribution in [0.2, 0.25) is 0 Å². The number of benzene rings is 2. The van der Waals surface area contributed by atoms with E-state index in [0.717, 1.165) is 48.8 Å². The van der Waals surface area contributed by atoms with Crippen molar-refractivity contribution in [2.45, 2.75) is 6.17 Å². The SMILES string of the molecule is CN(C)c1ccc(C=NN2C=CN(N=Cc3ccc(N(C)C)cc3)C2C=CN2CCOCC2)cc1. The van der Waals surface area contributed by atoms with Crippen LogP contribution in [0, 0.1) is 0 Å². The van der Waals surface area contributed by atoms with Gasteiger partial charge in [0.25, 0.3) is 0 Å². The highest BCUT2D eigenvalue weighted by Crippen LogP contribution is 2.20. The molecule has 0 N–H and O–H groups in total. The van der Waals surface area contributed by atoms with Gasteiger partial charge < -0.3 is 19.4 Å². The molecule has 0 amide bonds. The lowest BCUT2D eigenvalue weighted by molar-refractivity contribution is 0.0587. The Morgan fingerprint density at radius 1 is 0.743 bits per heavy atom. The molecule has 35 heavy (non-hydrogen) atoms. The monoisotopic (exact) mass is 473 g/mol. The molecule has 2 heterocycles. The van der Waals surface area contributed by atoms with Gasteiger partial charge in [-0.2, -0.15) is 10.2 Å². The van der Waals surface area contributed by atoms with Crippen molar-refractivity contribution in [1.29, 1.82) is 0 Å². The average molecular weight is 474 g/mol. The van der Waals surface area contributed by atoms with Crippen molar-refractivity contribution in [1.82, 2.24) is 14.9 Å². The Morgan fingerprint density at radius 3 is 1.63 bits per heavy atom. The van der Waals surface area contributed by atoms with Crippen molar-refractivity contribution in [2.24, 2.45) is 10.2 Å². The molecule has 0 bridgehead atoms. The normalized spacial score (nSPS) is 18.5. The largest absolute Gasteiger partial charge is 0.378 e. The fourth-order valence-corrected chi connectivity index (χ4v) is 3.73. The summed E-state index contributed by atoms with van der Waals surface area (Å²) in [7, 11) is 8.15. The number of morpholine rings is 1. The van der Waals surface area contributed by atoms with Gasteiger partial charge in [0.05, 0.1) is 25.6 Å². The van der Waals surface area contributed by atoms with Gasteiger partial charge in [0.2, 0.25) is 0 Å². The summed E-state index contributed by atoms with van der Waals surface area (Å²) in [6.07, 6.45) is 11.8. The molecule has 2 aliphatic rings. The summed E-state index contributed by atoms with van der Waals surface area (Å²) < 4.78 is 5.47. The third kappa shape index (κ3) is 6.64. The third-order valence-electron chi connectivity index (χ3n) is 5.93. The van der Waals surface area contributed by atoms with E-state index in [1.165, 1.54) is 0 Å². The van der Waals surface area contributed by atoms with E-state index in [1.54, 1.807) is 0 Å². The van der Waals surface area contributed by atoms with Crippen LogP contribution >= 0.6 is 0 Å². The van der Waals surface area contributed by atoms with Gasteiger partial charge in [-0.25, -0.2) is 10.0 Å². The van der Waals surface area contributed by atoms with Crippen molar-refractivity contribution in [3.63, 3.8) is 0 Å². The van der Waals surface area contributed by atoms with Crippen LogP contribution in [0.15, 0.2) is 83.4 Å². The number of rotatable bonds is 8. The van der Waals surface area contributed by atoms with Crippen LogP contribution in [0.4, 0.5) is 11.4 Å².